The van der Waals surface area contributed by atoms with Crippen LogP contribution in [0.25, 0.3) is 10.4 Å². The van der Waals surface area contributed by atoms with Gasteiger partial charge in [0.15, 0.2) is 6.29 Å². The minimum atomic E-state index is -4.31. The SMILES string of the molecule is COc1ccc(S(=O)(=O)c2c(C)c(N)c(-c3sccc3C=O)c(Cc3cccnc3)c2C(=O)O)cc1. The summed E-state index contributed by atoms with van der Waals surface area (Å²) in [5.74, 6) is -0.968. The molecule has 0 spiro atoms. The maximum atomic E-state index is 13.8. The molecule has 10 heteroatoms. The third-order valence-corrected chi connectivity index (χ3v) is 8.74. The van der Waals surface area contributed by atoms with E-state index in [9.17, 15) is 23.1 Å². The minimum Gasteiger partial charge on any atom is -0.497 e. The van der Waals surface area contributed by atoms with Crippen LogP contribution in [0.4, 0.5) is 5.69 Å². The first kappa shape index (κ1) is 25.1. The number of thiophene rings is 1. The number of pyridine rings is 1. The molecule has 2 aromatic heterocycles. The first-order valence-electron chi connectivity index (χ1n) is 10.7. The molecule has 36 heavy (non-hydrogen) atoms. The number of carbonyl (C=O) groups excluding carboxylic acids is 1. The van der Waals surface area contributed by atoms with Crippen LogP contribution in [-0.4, -0.2) is 37.9 Å². The number of anilines is 1. The van der Waals surface area contributed by atoms with Gasteiger partial charge in [0, 0.05) is 40.5 Å². The van der Waals surface area contributed by atoms with Gasteiger partial charge in [-0.25, -0.2) is 13.2 Å². The summed E-state index contributed by atoms with van der Waals surface area (Å²) in [5, 5.41) is 12.1. The van der Waals surface area contributed by atoms with Crippen LogP contribution in [0.1, 0.15) is 37.4 Å². The van der Waals surface area contributed by atoms with Crippen molar-refractivity contribution < 1.29 is 27.9 Å². The number of carboxylic acid groups (broad SMARTS) is 1. The number of benzene rings is 2. The molecule has 0 aliphatic carbocycles. The van der Waals surface area contributed by atoms with Gasteiger partial charge >= 0.3 is 5.97 Å². The van der Waals surface area contributed by atoms with Crippen LogP contribution in [-0.2, 0) is 16.3 Å². The number of nitrogens with zero attached hydrogens (tertiary/aromatic N) is 1. The lowest BCUT2D eigenvalue weighted by molar-refractivity contribution is 0.0691. The van der Waals surface area contributed by atoms with E-state index in [-0.39, 0.29) is 38.6 Å². The van der Waals surface area contributed by atoms with E-state index >= 15 is 0 Å². The fourth-order valence-electron chi connectivity index (χ4n) is 4.11. The summed E-state index contributed by atoms with van der Waals surface area (Å²) in [6.07, 6.45) is 3.85. The molecular formula is C26H22N2O6S2. The summed E-state index contributed by atoms with van der Waals surface area (Å²) in [6, 6.07) is 10.7. The van der Waals surface area contributed by atoms with E-state index in [1.165, 1.54) is 49.6 Å². The fraction of sp³-hybridized carbons (Fsp3) is 0.115. The number of aromatic nitrogens is 1. The Labute approximate surface area is 211 Å². The molecule has 2 aromatic carbocycles. The zero-order valence-electron chi connectivity index (χ0n) is 19.4. The molecule has 0 amide bonds. The van der Waals surface area contributed by atoms with Gasteiger partial charge in [-0.3, -0.25) is 9.78 Å². The minimum absolute atomic E-state index is 0.0383. The Balaban J connectivity index is 2.11. The van der Waals surface area contributed by atoms with E-state index in [0.29, 0.717) is 33.6 Å². The number of carboxylic acids is 1. The van der Waals surface area contributed by atoms with Gasteiger partial charge in [-0.05, 0) is 65.4 Å². The molecule has 0 aliphatic heterocycles. The van der Waals surface area contributed by atoms with E-state index in [1.807, 2.05) is 0 Å². The van der Waals surface area contributed by atoms with Crippen molar-refractivity contribution in [2.75, 3.05) is 12.8 Å². The number of methoxy groups -OCH3 is 1. The largest absolute Gasteiger partial charge is 0.497 e. The van der Waals surface area contributed by atoms with Crippen LogP contribution in [0.3, 0.4) is 0 Å². The molecule has 0 atom stereocenters. The van der Waals surface area contributed by atoms with E-state index < -0.39 is 15.8 Å². The summed E-state index contributed by atoms with van der Waals surface area (Å²) in [5.41, 5.74) is 7.85. The van der Waals surface area contributed by atoms with Gasteiger partial charge in [0.25, 0.3) is 0 Å². The second-order valence-corrected chi connectivity index (χ2v) is 10.7. The molecule has 0 saturated heterocycles. The van der Waals surface area contributed by atoms with Gasteiger partial charge in [-0.2, -0.15) is 0 Å². The van der Waals surface area contributed by atoms with Gasteiger partial charge in [-0.15, -0.1) is 11.3 Å². The van der Waals surface area contributed by atoms with Crippen molar-refractivity contribution in [3.63, 3.8) is 0 Å². The Morgan fingerprint density at radius 1 is 1.19 bits per heavy atom. The predicted octanol–water partition coefficient (Wildman–Crippen LogP) is 4.64. The molecular weight excluding hydrogens is 500 g/mol. The van der Waals surface area contributed by atoms with E-state index in [1.54, 1.807) is 36.0 Å². The zero-order chi connectivity index (χ0) is 26.0. The van der Waals surface area contributed by atoms with Crippen LogP contribution in [0.2, 0.25) is 0 Å². The molecule has 0 bridgehead atoms. The number of ether oxygens (including phenoxy) is 1. The monoisotopic (exact) mass is 522 g/mol. The summed E-state index contributed by atoms with van der Waals surface area (Å²) in [7, 11) is -2.85. The predicted molar refractivity (Wildman–Crippen MR) is 137 cm³/mol. The van der Waals surface area contributed by atoms with Crippen molar-refractivity contribution in [1.82, 2.24) is 4.98 Å². The molecule has 2 heterocycles. The summed E-state index contributed by atoms with van der Waals surface area (Å²) in [4.78, 5) is 28.6. The van der Waals surface area contributed by atoms with Gasteiger partial charge < -0.3 is 15.6 Å². The summed E-state index contributed by atoms with van der Waals surface area (Å²) in [6.45, 7) is 1.48. The normalized spacial score (nSPS) is 11.3. The fourth-order valence-corrected chi connectivity index (χ4v) is 6.79. The van der Waals surface area contributed by atoms with Crippen LogP contribution >= 0.6 is 11.3 Å². The van der Waals surface area contributed by atoms with Crippen molar-refractivity contribution in [1.29, 1.82) is 0 Å². The Bertz CT molecular complexity index is 1560. The standard InChI is InChI=1S/C26H22N2O6S2/c1-15-23(27)21(24-17(14-29)9-11-35-24)20(12-16-4-3-10-28-13-16)22(26(30)31)25(15)36(32,33)19-7-5-18(34-2)6-8-19/h3-11,13-14H,12,27H2,1-2H3,(H,30,31). The van der Waals surface area contributed by atoms with Crippen molar-refractivity contribution in [3.05, 3.63) is 88.1 Å². The highest BCUT2D eigenvalue weighted by Crippen LogP contribution is 2.44. The number of nitrogen functional groups attached to an aromatic ring is 1. The van der Waals surface area contributed by atoms with Gasteiger partial charge in [0.05, 0.1) is 22.5 Å². The maximum absolute atomic E-state index is 13.8. The van der Waals surface area contributed by atoms with E-state index in [2.05, 4.69) is 4.98 Å². The van der Waals surface area contributed by atoms with Gasteiger partial charge in [-0.1, -0.05) is 6.07 Å². The first-order chi connectivity index (χ1) is 17.2. The third-order valence-electron chi connectivity index (χ3n) is 5.85. The molecule has 0 unspecified atom stereocenters. The van der Waals surface area contributed by atoms with Gasteiger partial charge in [0.1, 0.15) is 5.75 Å². The number of hydrogen-bond donors (Lipinski definition) is 2. The third kappa shape index (κ3) is 4.36. The Hall–Kier alpha value is -4.02. The van der Waals surface area contributed by atoms with Crippen LogP contribution < -0.4 is 10.5 Å². The van der Waals surface area contributed by atoms with Crippen LogP contribution in [0, 0.1) is 6.92 Å². The molecule has 3 N–H and O–H groups in total. The lowest BCUT2D eigenvalue weighted by atomic mass is 9.89. The number of sulfone groups is 1. The number of nitrogens with two attached hydrogens (primary N) is 1. The average molecular weight is 523 g/mol. The molecule has 184 valence electrons. The highest BCUT2D eigenvalue weighted by molar-refractivity contribution is 7.91. The van der Waals surface area contributed by atoms with Crippen molar-refractivity contribution in [2.45, 2.75) is 23.1 Å². The maximum Gasteiger partial charge on any atom is 0.337 e. The van der Waals surface area contributed by atoms with Crippen molar-refractivity contribution in [3.8, 4) is 16.2 Å². The highest BCUT2D eigenvalue weighted by atomic mass is 32.2. The summed E-state index contributed by atoms with van der Waals surface area (Å²) < 4.78 is 32.8. The Morgan fingerprint density at radius 3 is 2.50 bits per heavy atom. The number of rotatable bonds is 8. The lowest BCUT2D eigenvalue weighted by Gasteiger charge is -2.22. The second kappa shape index (κ2) is 9.92. The second-order valence-electron chi connectivity index (χ2n) is 7.94. The van der Waals surface area contributed by atoms with Crippen LogP contribution in [0.15, 0.2) is 70.0 Å². The smallest absolute Gasteiger partial charge is 0.337 e. The van der Waals surface area contributed by atoms with Crippen LogP contribution in [0.5, 0.6) is 5.75 Å². The number of aldehydes is 1. The lowest BCUT2D eigenvalue weighted by Crippen LogP contribution is -2.18. The Morgan fingerprint density at radius 2 is 1.92 bits per heavy atom. The first-order valence-corrected chi connectivity index (χ1v) is 13.1. The Kier molecular flexibility index (Phi) is 6.91. The van der Waals surface area contributed by atoms with E-state index in [4.69, 9.17) is 10.5 Å². The topological polar surface area (TPSA) is 137 Å². The van der Waals surface area contributed by atoms with Crippen molar-refractivity contribution in [2.24, 2.45) is 0 Å². The zero-order valence-corrected chi connectivity index (χ0v) is 21.0. The summed E-state index contributed by atoms with van der Waals surface area (Å²) >= 11 is 1.23. The number of hydrogen-bond acceptors (Lipinski definition) is 8. The molecule has 0 radical (unpaired) electrons. The molecule has 4 rings (SSSR count). The molecule has 0 aliphatic rings. The molecule has 0 fully saturated rings. The number of aromatic carboxylic acids is 1. The van der Waals surface area contributed by atoms with Gasteiger partial charge in [0.2, 0.25) is 9.84 Å². The van der Waals surface area contributed by atoms with Crippen molar-refractivity contribution >= 4 is 39.1 Å². The quantitative estimate of drug-likeness (QED) is 0.252. The molecule has 4 aromatic rings. The molecule has 0 saturated carbocycles. The highest BCUT2D eigenvalue weighted by Gasteiger charge is 2.34. The molecule has 8 nitrogen and oxygen atoms in total. The van der Waals surface area contributed by atoms with E-state index in [0.717, 1.165) is 0 Å². The average Bonchev–Trinajstić information content (AvgIpc) is 3.34. The number of carbonyl (C=O) groups is 2.